The highest BCUT2D eigenvalue weighted by Crippen LogP contribution is 2.28. The number of aryl methyl sites for hydroxylation is 4. The molecule has 130 valence electrons. The van der Waals surface area contributed by atoms with E-state index in [1.807, 2.05) is 0 Å². The van der Waals surface area contributed by atoms with Crippen LogP contribution in [0, 0.1) is 20.8 Å². The van der Waals surface area contributed by atoms with Crippen LogP contribution in [0.4, 0.5) is 0 Å². The van der Waals surface area contributed by atoms with Gasteiger partial charge < -0.3 is 4.57 Å². The maximum atomic E-state index is 2.31. The van der Waals surface area contributed by atoms with Crippen LogP contribution in [0.1, 0.15) is 16.7 Å². The maximum Gasteiger partial charge on any atom is 0.294 e. The second-order valence-corrected chi connectivity index (χ2v) is 6.94. The molecule has 2 aromatic carbocycles. The maximum absolute atomic E-state index is 2.31. The van der Waals surface area contributed by atoms with Gasteiger partial charge in [-0.1, -0.05) is 18.2 Å². The van der Waals surface area contributed by atoms with E-state index in [0.717, 1.165) is 0 Å². The lowest BCUT2D eigenvalue weighted by molar-refractivity contribution is -0.659. The molecule has 0 saturated carbocycles. The summed E-state index contributed by atoms with van der Waals surface area (Å²) in [5.41, 5.74) is 7.51. The van der Waals surface area contributed by atoms with Crippen molar-refractivity contribution < 1.29 is 4.57 Å². The summed E-state index contributed by atoms with van der Waals surface area (Å²) < 4.78 is 6.66. The van der Waals surface area contributed by atoms with E-state index in [1.165, 1.54) is 39.5 Å². The number of benzene rings is 2. The normalized spacial score (nSPS) is 11.1. The molecule has 0 amide bonds. The van der Waals surface area contributed by atoms with Gasteiger partial charge in [0.2, 0.25) is 0 Å². The summed E-state index contributed by atoms with van der Waals surface area (Å²) in [6.07, 6.45) is 8.46. The molecule has 0 bridgehead atoms. The third kappa shape index (κ3) is 2.66. The first-order chi connectivity index (χ1) is 12.6. The van der Waals surface area contributed by atoms with Crippen LogP contribution in [-0.2, 0) is 7.05 Å². The number of nitrogens with zero attached hydrogens (tertiary/aromatic N) is 3. The van der Waals surface area contributed by atoms with Gasteiger partial charge in [-0.05, 0) is 67.8 Å². The van der Waals surface area contributed by atoms with E-state index in [2.05, 4.69) is 115 Å². The zero-order valence-corrected chi connectivity index (χ0v) is 15.8. The Labute approximate surface area is 154 Å². The van der Waals surface area contributed by atoms with Gasteiger partial charge in [0, 0.05) is 18.1 Å². The third-order valence-electron chi connectivity index (χ3n) is 5.01. The van der Waals surface area contributed by atoms with E-state index in [9.17, 15) is 0 Å². The molecule has 4 rings (SSSR count). The Morgan fingerprint density at radius 1 is 0.769 bits per heavy atom. The van der Waals surface area contributed by atoms with E-state index in [-0.39, 0.29) is 0 Å². The number of rotatable bonds is 3. The van der Waals surface area contributed by atoms with Crippen molar-refractivity contribution in [3.05, 3.63) is 90.0 Å². The second-order valence-electron chi connectivity index (χ2n) is 6.94. The van der Waals surface area contributed by atoms with Crippen LogP contribution in [0.2, 0.25) is 0 Å². The summed E-state index contributed by atoms with van der Waals surface area (Å²) in [4.78, 5) is 0. The van der Waals surface area contributed by atoms with Crippen LogP contribution in [-0.4, -0.2) is 9.13 Å². The second kappa shape index (κ2) is 6.34. The molecule has 3 nitrogen and oxygen atoms in total. The first kappa shape index (κ1) is 16.4. The van der Waals surface area contributed by atoms with Crippen molar-refractivity contribution >= 4 is 0 Å². The van der Waals surface area contributed by atoms with Crippen molar-refractivity contribution in [2.24, 2.45) is 7.05 Å². The van der Waals surface area contributed by atoms with Gasteiger partial charge in [-0.2, -0.15) is 4.57 Å². The Kier molecular flexibility index (Phi) is 4.00. The van der Waals surface area contributed by atoms with Crippen LogP contribution in [0.5, 0.6) is 0 Å². The summed E-state index contributed by atoms with van der Waals surface area (Å²) in [6.45, 7) is 6.55. The highest BCUT2D eigenvalue weighted by molar-refractivity contribution is 5.63. The van der Waals surface area contributed by atoms with Crippen LogP contribution >= 0.6 is 0 Å². The van der Waals surface area contributed by atoms with E-state index in [1.54, 1.807) is 0 Å². The average Bonchev–Trinajstić information content (AvgIpc) is 3.26. The zero-order valence-electron chi connectivity index (χ0n) is 15.8. The van der Waals surface area contributed by atoms with Gasteiger partial charge in [0.05, 0.1) is 12.6 Å². The lowest BCUT2D eigenvalue weighted by Crippen LogP contribution is -2.29. The van der Waals surface area contributed by atoms with E-state index in [4.69, 9.17) is 0 Å². The highest BCUT2D eigenvalue weighted by Gasteiger charge is 2.23. The molecule has 26 heavy (non-hydrogen) atoms. The minimum Gasteiger partial charge on any atom is -0.324 e. The molecule has 0 unspecified atom stereocenters. The SMILES string of the molecule is Cc1ccccc1-c1n(-c2c(C)cc(-n3cccc3)cc2C)cc[n+]1C. The minimum atomic E-state index is 1.20. The Balaban J connectivity index is 1.92. The van der Waals surface area contributed by atoms with Crippen molar-refractivity contribution in [2.45, 2.75) is 20.8 Å². The van der Waals surface area contributed by atoms with Gasteiger partial charge in [0.25, 0.3) is 5.82 Å². The monoisotopic (exact) mass is 342 g/mol. The first-order valence-corrected chi connectivity index (χ1v) is 8.94. The molecule has 0 atom stereocenters. The molecule has 0 saturated heterocycles. The fourth-order valence-electron chi connectivity index (χ4n) is 3.77. The minimum absolute atomic E-state index is 1.20. The molecule has 3 heteroatoms. The topological polar surface area (TPSA) is 13.7 Å². The van der Waals surface area contributed by atoms with Crippen molar-refractivity contribution in [1.82, 2.24) is 9.13 Å². The van der Waals surface area contributed by atoms with E-state index < -0.39 is 0 Å². The molecule has 2 heterocycles. The first-order valence-electron chi connectivity index (χ1n) is 8.94. The lowest BCUT2D eigenvalue weighted by Gasteiger charge is -2.13. The third-order valence-corrected chi connectivity index (χ3v) is 5.01. The Hall–Kier alpha value is -3.07. The molecule has 0 aliphatic carbocycles. The van der Waals surface area contributed by atoms with Crippen molar-refractivity contribution in [3.8, 4) is 22.8 Å². The molecule has 0 aliphatic heterocycles. The Bertz CT molecular complexity index is 1050. The number of aromatic nitrogens is 3. The quantitative estimate of drug-likeness (QED) is 0.480. The standard InChI is InChI=1S/C23H24N3/c1-17-9-5-6-10-21(17)23-24(4)13-14-26(23)22-18(2)15-20(16-19(22)3)25-11-7-8-12-25/h5-16H,1-4H3/q+1. The fraction of sp³-hybridized carbons (Fsp3) is 0.174. The Morgan fingerprint density at radius 2 is 1.42 bits per heavy atom. The fourth-order valence-corrected chi connectivity index (χ4v) is 3.77. The molecule has 4 aromatic rings. The van der Waals surface area contributed by atoms with Crippen LogP contribution < -0.4 is 4.57 Å². The predicted molar refractivity (Wildman–Crippen MR) is 106 cm³/mol. The molecule has 0 fully saturated rings. The van der Waals surface area contributed by atoms with Gasteiger partial charge >= 0.3 is 0 Å². The van der Waals surface area contributed by atoms with Gasteiger partial charge in [-0.25, -0.2) is 4.57 Å². The molecular weight excluding hydrogens is 318 g/mol. The summed E-state index contributed by atoms with van der Waals surface area (Å²) >= 11 is 0. The van der Waals surface area contributed by atoms with Gasteiger partial charge in [-0.15, -0.1) is 0 Å². The summed E-state index contributed by atoms with van der Waals surface area (Å²) in [5, 5.41) is 0. The van der Waals surface area contributed by atoms with Crippen molar-refractivity contribution in [1.29, 1.82) is 0 Å². The smallest absolute Gasteiger partial charge is 0.294 e. The summed E-state index contributed by atoms with van der Waals surface area (Å²) in [5.74, 6) is 1.20. The summed E-state index contributed by atoms with van der Waals surface area (Å²) in [7, 11) is 2.11. The molecule has 0 aliphatic rings. The molecule has 2 aromatic heterocycles. The van der Waals surface area contributed by atoms with Crippen LogP contribution in [0.3, 0.4) is 0 Å². The molecular formula is C23H24N3+. The predicted octanol–water partition coefficient (Wildman–Crippen LogP) is 4.68. The average molecular weight is 342 g/mol. The Morgan fingerprint density at radius 3 is 2.08 bits per heavy atom. The number of imidazole rings is 1. The summed E-state index contributed by atoms with van der Waals surface area (Å²) in [6, 6.07) is 17.2. The van der Waals surface area contributed by atoms with E-state index in [0.29, 0.717) is 0 Å². The van der Waals surface area contributed by atoms with Crippen LogP contribution in [0.25, 0.3) is 22.8 Å². The van der Waals surface area contributed by atoms with Crippen LogP contribution in [0.15, 0.2) is 73.3 Å². The number of hydrogen-bond donors (Lipinski definition) is 0. The number of hydrogen-bond acceptors (Lipinski definition) is 0. The molecule has 0 N–H and O–H groups in total. The largest absolute Gasteiger partial charge is 0.324 e. The highest BCUT2D eigenvalue weighted by atomic mass is 15.1. The lowest BCUT2D eigenvalue weighted by atomic mass is 10.1. The zero-order chi connectivity index (χ0) is 18.3. The van der Waals surface area contributed by atoms with Gasteiger partial charge in [0.15, 0.2) is 0 Å². The molecule has 0 radical (unpaired) electrons. The van der Waals surface area contributed by atoms with Gasteiger partial charge in [-0.3, -0.25) is 0 Å². The van der Waals surface area contributed by atoms with E-state index >= 15 is 0 Å². The van der Waals surface area contributed by atoms with Gasteiger partial charge in [0.1, 0.15) is 18.1 Å². The van der Waals surface area contributed by atoms with Crippen molar-refractivity contribution in [3.63, 3.8) is 0 Å². The molecule has 0 spiro atoms. The van der Waals surface area contributed by atoms with Crippen molar-refractivity contribution in [2.75, 3.05) is 0 Å².